The van der Waals surface area contributed by atoms with E-state index in [0.717, 1.165) is 6.04 Å². The molecule has 1 N–H and O–H groups in total. The molecule has 1 rings (SSSR count). The van der Waals surface area contributed by atoms with Crippen LogP contribution in [-0.4, -0.2) is 12.6 Å². The van der Waals surface area contributed by atoms with Crippen LogP contribution in [0.3, 0.4) is 0 Å². The molecule has 1 heterocycles. The van der Waals surface area contributed by atoms with Gasteiger partial charge in [-0.15, -0.1) is 0 Å². The van der Waals surface area contributed by atoms with Crippen LogP contribution in [0.15, 0.2) is 16.8 Å². The average Bonchev–Trinajstić information content (AvgIpc) is 2.79. The van der Waals surface area contributed by atoms with Crippen LogP contribution < -0.4 is 5.32 Å². The first-order valence-electron chi connectivity index (χ1n) is 6.61. The van der Waals surface area contributed by atoms with E-state index in [2.05, 4.69) is 36.0 Å². The number of rotatable bonds is 9. The van der Waals surface area contributed by atoms with Crippen molar-refractivity contribution >= 4 is 11.3 Å². The summed E-state index contributed by atoms with van der Waals surface area (Å²) in [5, 5.41) is 8.10. The van der Waals surface area contributed by atoms with Gasteiger partial charge in [0, 0.05) is 6.04 Å². The van der Waals surface area contributed by atoms with Crippen molar-refractivity contribution in [3.63, 3.8) is 0 Å². The van der Waals surface area contributed by atoms with Gasteiger partial charge in [0.15, 0.2) is 0 Å². The molecule has 0 saturated carbocycles. The quantitative estimate of drug-likeness (QED) is 0.679. The van der Waals surface area contributed by atoms with Gasteiger partial charge >= 0.3 is 0 Å². The molecule has 1 nitrogen and oxygen atoms in total. The lowest BCUT2D eigenvalue weighted by molar-refractivity contribution is 0.438. The molecule has 0 aliphatic heterocycles. The van der Waals surface area contributed by atoms with E-state index >= 15 is 0 Å². The van der Waals surface area contributed by atoms with Gasteiger partial charge in [-0.05, 0) is 61.0 Å². The molecule has 0 radical (unpaired) electrons. The van der Waals surface area contributed by atoms with Crippen LogP contribution in [0.2, 0.25) is 0 Å². The summed E-state index contributed by atoms with van der Waals surface area (Å²) in [6.07, 6.45) is 7.74. The fraction of sp³-hybridized carbons (Fsp3) is 0.714. The molecule has 0 aliphatic carbocycles. The van der Waals surface area contributed by atoms with E-state index in [1.54, 1.807) is 11.3 Å². The zero-order valence-electron chi connectivity index (χ0n) is 10.7. The first-order chi connectivity index (χ1) is 7.86. The molecule has 1 aromatic rings. The van der Waals surface area contributed by atoms with Gasteiger partial charge < -0.3 is 5.32 Å². The molecule has 1 atom stereocenters. The van der Waals surface area contributed by atoms with Crippen molar-refractivity contribution in [2.45, 2.75) is 58.4 Å². The highest BCUT2D eigenvalue weighted by molar-refractivity contribution is 7.07. The van der Waals surface area contributed by atoms with Gasteiger partial charge in [-0.2, -0.15) is 11.3 Å². The van der Waals surface area contributed by atoms with Crippen molar-refractivity contribution < 1.29 is 0 Å². The Hall–Kier alpha value is -0.340. The summed E-state index contributed by atoms with van der Waals surface area (Å²) in [4.78, 5) is 0. The third-order valence-corrected chi connectivity index (χ3v) is 3.65. The van der Waals surface area contributed by atoms with Crippen molar-refractivity contribution in [3.05, 3.63) is 22.4 Å². The number of nitrogens with one attached hydrogen (secondary N) is 1. The summed E-state index contributed by atoms with van der Waals surface area (Å²) < 4.78 is 0. The zero-order chi connectivity index (χ0) is 11.6. The molecule has 0 bridgehead atoms. The molecule has 1 unspecified atom stereocenters. The van der Waals surface area contributed by atoms with E-state index < -0.39 is 0 Å². The molecule has 0 fully saturated rings. The highest BCUT2D eigenvalue weighted by Gasteiger charge is 2.06. The van der Waals surface area contributed by atoms with Crippen molar-refractivity contribution in [2.75, 3.05) is 6.54 Å². The number of hydrogen-bond donors (Lipinski definition) is 1. The van der Waals surface area contributed by atoms with Crippen LogP contribution >= 0.6 is 11.3 Å². The first kappa shape index (κ1) is 13.7. The number of hydrogen-bond acceptors (Lipinski definition) is 2. The third kappa shape index (κ3) is 5.66. The fourth-order valence-electron chi connectivity index (χ4n) is 2.03. The minimum atomic E-state index is 0.739. The average molecular weight is 239 g/mol. The van der Waals surface area contributed by atoms with Gasteiger partial charge in [-0.3, -0.25) is 0 Å². The van der Waals surface area contributed by atoms with Gasteiger partial charge in [-0.25, -0.2) is 0 Å². The smallest absolute Gasteiger partial charge is 0.00670 e. The lowest BCUT2D eigenvalue weighted by atomic mass is 10.0. The van der Waals surface area contributed by atoms with Crippen LogP contribution in [0.25, 0.3) is 0 Å². The molecule has 0 aromatic carbocycles. The molecule has 2 heteroatoms. The van der Waals surface area contributed by atoms with E-state index in [0.29, 0.717) is 0 Å². The first-order valence-corrected chi connectivity index (χ1v) is 7.55. The Balaban J connectivity index is 2.15. The Labute approximate surface area is 104 Å². The molecule has 0 saturated heterocycles. The molecule has 92 valence electrons. The van der Waals surface area contributed by atoms with Crippen LogP contribution in [0, 0.1) is 0 Å². The minimum Gasteiger partial charge on any atom is -0.314 e. The van der Waals surface area contributed by atoms with Crippen LogP contribution in [0.4, 0.5) is 0 Å². The summed E-state index contributed by atoms with van der Waals surface area (Å²) in [5.74, 6) is 0. The maximum absolute atomic E-state index is 3.65. The molecular formula is C14H25NS. The van der Waals surface area contributed by atoms with Crippen molar-refractivity contribution in [1.29, 1.82) is 0 Å². The van der Waals surface area contributed by atoms with Crippen LogP contribution in [-0.2, 0) is 6.42 Å². The van der Waals surface area contributed by atoms with Crippen molar-refractivity contribution in [1.82, 2.24) is 5.32 Å². The Bertz CT molecular complexity index is 243. The largest absolute Gasteiger partial charge is 0.314 e. The summed E-state index contributed by atoms with van der Waals surface area (Å²) >= 11 is 1.81. The predicted octanol–water partition coefficient (Wildman–Crippen LogP) is 4.24. The lowest BCUT2D eigenvalue weighted by Crippen LogP contribution is -2.29. The second-order valence-electron chi connectivity index (χ2n) is 4.46. The Morgan fingerprint density at radius 3 is 2.75 bits per heavy atom. The molecule has 0 aliphatic rings. The van der Waals surface area contributed by atoms with Gasteiger partial charge in [0.1, 0.15) is 0 Å². The van der Waals surface area contributed by atoms with Crippen molar-refractivity contribution in [3.8, 4) is 0 Å². The van der Waals surface area contributed by atoms with Gasteiger partial charge in [0.2, 0.25) is 0 Å². The predicted molar refractivity (Wildman–Crippen MR) is 74.2 cm³/mol. The Kier molecular flexibility index (Phi) is 7.52. The normalized spacial score (nSPS) is 12.9. The van der Waals surface area contributed by atoms with E-state index in [4.69, 9.17) is 0 Å². The van der Waals surface area contributed by atoms with Gasteiger partial charge in [0.05, 0.1) is 0 Å². The lowest BCUT2D eigenvalue weighted by Gasteiger charge is -2.17. The Morgan fingerprint density at radius 2 is 2.12 bits per heavy atom. The molecule has 1 aromatic heterocycles. The monoisotopic (exact) mass is 239 g/mol. The highest BCUT2D eigenvalue weighted by atomic mass is 32.1. The highest BCUT2D eigenvalue weighted by Crippen LogP contribution is 2.12. The summed E-state index contributed by atoms with van der Waals surface area (Å²) in [7, 11) is 0. The van der Waals surface area contributed by atoms with E-state index in [9.17, 15) is 0 Å². The molecule has 16 heavy (non-hydrogen) atoms. The van der Waals surface area contributed by atoms with Crippen molar-refractivity contribution in [2.24, 2.45) is 0 Å². The summed E-state index contributed by atoms with van der Waals surface area (Å²) in [6.45, 7) is 5.68. The SMILES string of the molecule is CCCNC(CCC)CCCc1ccsc1. The number of aryl methyl sites for hydroxylation is 1. The number of thiophene rings is 1. The maximum Gasteiger partial charge on any atom is 0.00670 e. The standard InChI is InChI=1S/C14H25NS/c1-3-6-14(15-10-4-2)8-5-7-13-9-11-16-12-13/h9,11-12,14-15H,3-8,10H2,1-2H3. The van der Waals surface area contributed by atoms with E-state index in [-0.39, 0.29) is 0 Å². The molecule has 0 amide bonds. The molecule has 0 spiro atoms. The third-order valence-electron chi connectivity index (χ3n) is 2.92. The zero-order valence-corrected chi connectivity index (χ0v) is 11.5. The summed E-state index contributed by atoms with van der Waals surface area (Å²) in [6, 6.07) is 2.99. The second kappa shape index (κ2) is 8.77. The van der Waals surface area contributed by atoms with Crippen LogP contribution in [0.5, 0.6) is 0 Å². The van der Waals surface area contributed by atoms with E-state index in [1.807, 2.05) is 0 Å². The maximum atomic E-state index is 3.65. The van der Waals surface area contributed by atoms with E-state index in [1.165, 1.54) is 50.6 Å². The van der Waals surface area contributed by atoms with Gasteiger partial charge in [0.25, 0.3) is 0 Å². The van der Waals surface area contributed by atoms with Crippen LogP contribution in [0.1, 0.15) is 51.5 Å². The second-order valence-corrected chi connectivity index (χ2v) is 5.24. The topological polar surface area (TPSA) is 12.0 Å². The Morgan fingerprint density at radius 1 is 1.25 bits per heavy atom. The molecular weight excluding hydrogens is 214 g/mol. The fourth-order valence-corrected chi connectivity index (χ4v) is 2.74. The summed E-state index contributed by atoms with van der Waals surface area (Å²) in [5.41, 5.74) is 1.51. The minimum absolute atomic E-state index is 0.739. The van der Waals surface area contributed by atoms with Gasteiger partial charge in [-0.1, -0.05) is 20.3 Å².